The largest absolute Gasteiger partial charge is 0.732 e. The fourth-order valence-corrected chi connectivity index (χ4v) is 0.887. The molecule has 0 aliphatic carbocycles. The summed E-state index contributed by atoms with van der Waals surface area (Å²) in [5, 5.41) is 21.8. The first-order chi connectivity index (χ1) is 6.70. The minimum Gasteiger partial charge on any atom is -0.732 e. The van der Waals surface area contributed by atoms with E-state index in [1.807, 2.05) is 0 Å². The summed E-state index contributed by atoms with van der Waals surface area (Å²) in [7, 11) is 0. The molecule has 0 amide bonds. The lowest BCUT2D eigenvalue weighted by Crippen LogP contribution is -2.25. The van der Waals surface area contributed by atoms with Crippen molar-refractivity contribution in [1.82, 2.24) is 0 Å². The first kappa shape index (κ1) is 10.7. The van der Waals surface area contributed by atoms with Gasteiger partial charge in [0.2, 0.25) is 0 Å². The van der Waals surface area contributed by atoms with Gasteiger partial charge in [0, 0.05) is 0 Å². The molecule has 1 rings (SSSR count). The van der Waals surface area contributed by atoms with E-state index in [1.54, 1.807) is 0 Å². The van der Waals surface area contributed by atoms with Gasteiger partial charge in [0.25, 0.3) is 0 Å². The second-order valence-corrected chi connectivity index (χ2v) is 2.21. The van der Waals surface area contributed by atoms with Gasteiger partial charge in [-0.1, -0.05) is 12.1 Å². The molecule has 0 radical (unpaired) electrons. The van der Waals surface area contributed by atoms with E-state index in [2.05, 4.69) is 21.7 Å². The van der Waals surface area contributed by atoms with E-state index in [1.165, 1.54) is 24.3 Å². The van der Waals surface area contributed by atoms with Crippen molar-refractivity contribution in [3.63, 3.8) is 0 Å². The maximum atomic E-state index is 11.0. The average molecular weight is 200 g/mol. The van der Waals surface area contributed by atoms with Gasteiger partial charge in [-0.2, -0.15) is 21.7 Å². The first-order valence-corrected chi connectivity index (χ1v) is 3.48. The van der Waals surface area contributed by atoms with Crippen LogP contribution in [-0.2, 0) is 9.88 Å². The van der Waals surface area contributed by atoms with Gasteiger partial charge in [0.1, 0.15) is 0 Å². The fraction of sp³-hybridized carbons (Fsp3) is 0. The number of nitrogens with two attached hydrogens (primary N) is 2. The van der Waals surface area contributed by atoms with Crippen molar-refractivity contribution >= 4 is 11.4 Å². The smallest absolute Gasteiger partial charge is 0.0778 e. The molecule has 0 saturated heterocycles. The molecule has 8 heteroatoms. The third-order valence-electron chi connectivity index (χ3n) is 1.47. The molecule has 4 N–H and O–H groups in total. The second kappa shape index (κ2) is 4.72. The third kappa shape index (κ3) is 2.09. The number of para-hydroxylation sites is 2. The van der Waals surface area contributed by atoms with Gasteiger partial charge in [0.15, 0.2) is 0 Å². The lowest BCUT2D eigenvalue weighted by atomic mass is 10.3. The van der Waals surface area contributed by atoms with Crippen molar-refractivity contribution in [3.05, 3.63) is 34.7 Å². The number of rotatable bonds is 4. The van der Waals surface area contributed by atoms with Crippen molar-refractivity contribution in [1.29, 1.82) is 0 Å². The number of nitrogens with zero attached hydrogens (tertiary/aromatic N) is 2. The number of hydrogen-bond donors (Lipinski definition) is 2. The van der Waals surface area contributed by atoms with Crippen LogP contribution in [0.4, 0.5) is 11.4 Å². The Morgan fingerprint density at radius 2 is 1.29 bits per heavy atom. The van der Waals surface area contributed by atoms with Crippen LogP contribution in [0, 0.1) is 10.4 Å². The average Bonchev–Trinajstić information content (AvgIpc) is 2.27. The van der Waals surface area contributed by atoms with Crippen molar-refractivity contribution in [2.75, 3.05) is 10.5 Å². The molecule has 1 aromatic rings. The Morgan fingerprint density at radius 3 is 1.57 bits per heavy atom. The summed E-state index contributed by atoms with van der Waals surface area (Å²) in [6, 6.07) is 5.68. The summed E-state index contributed by atoms with van der Waals surface area (Å²) >= 11 is 0. The molecule has 0 heterocycles. The molecule has 0 bridgehead atoms. The van der Waals surface area contributed by atoms with Crippen LogP contribution in [0.2, 0.25) is 0 Å². The molecule has 0 aliphatic heterocycles. The zero-order chi connectivity index (χ0) is 10.6. The summed E-state index contributed by atoms with van der Waals surface area (Å²) in [4.78, 5) is 7.77. The number of hydrogen-bond acceptors (Lipinski definition) is 8. The highest BCUT2D eigenvalue weighted by Gasteiger charge is 2.04. The Kier molecular flexibility index (Phi) is 3.59. The van der Waals surface area contributed by atoms with E-state index < -0.39 is 0 Å². The molecule has 0 aliphatic rings. The van der Waals surface area contributed by atoms with Crippen LogP contribution in [0.1, 0.15) is 0 Å². The van der Waals surface area contributed by atoms with Crippen LogP contribution in [0.25, 0.3) is 0 Å². The molecule has 0 saturated carbocycles. The molecule has 78 valence electrons. The fourth-order valence-electron chi connectivity index (χ4n) is 0.887. The van der Waals surface area contributed by atoms with E-state index in [0.29, 0.717) is 0 Å². The lowest BCUT2D eigenvalue weighted by molar-refractivity contribution is 0.127. The zero-order valence-corrected chi connectivity index (χ0v) is 6.99. The van der Waals surface area contributed by atoms with Crippen LogP contribution in [0.3, 0.4) is 0 Å². The normalized spacial score (nSPS) is 10.0. The quantitative estimate of drug-likeness (QED) is 0.646. The maximum absolute atomic E-state index is 11.0. The first-order valence-electron chi connectivity index (χ1n) is 3.48. The predicted octanol–water partition coefficient (Wildman–Crippen LogP) is -0.0944. The maximum Gasteiger partial charge on any atom is 0.0778 e. The third-order valence-corrected chi connectivity index (χ3v) is 1.47. The predicted molar refractivity (Wildman–Crippen MR) is 48.7 cm³/mol. The van der Waals surface area contributed by atoms with Gasteiger partial charge >= 0.3 is 0 Å². The molecule has 0 spiro atoms. The van der Waals surface area contributed by atoms with Crippen LogP contribution in [-0.4, -0.2) is 0 Å². The molecule has 0 atom stereocenters. The zero-order valence-electron chi connectivity index (χ0n) is 6.99. The van der Waals surface area contributed by atoms with E-state index in [0.717, 1.165) is 0 Å². The van der Waals surface area contributed by atoms with E-state index in [9.17, 15) is 10.4 Å². The lowest BCUT2D eigenvalue weighted by Gasteiger charge is -2.33. The summed E-state index contributed by atoms with van der Waals surface area (Å²) in [6.07, 6.45) is 0. The summed E-state index contributed by atoms with van der Waals surface area (Å²) in [5.74, 6) is 9.27. The Morgan fingerprint density at radius 1 is 0.929 bits per heavy atom. The van der Waals surface area contributed by atoms with Crippen LogP contribution >= 0.6 is 0 Å². The molecule has 1 aromatic carbocycles. The molecular formula is C6H8N4O4-2. The van der Waals surface area contributed by atoms with E-state index in [4.69, 9.17) is 0 Å². The number of benzene rings is 1. The molecule has 0 fully saturated rings. The standard InChI is InChI=1S/C6H8N4O4/c7-13-9(11)5-3-1-2-4-6(5)10(12)14-8/h1-4H,7-8H2/q-2. The minimum absolute atomic E-state index is 0.0424. The highest BCUT2D eigenvalue weighted by atomic mass is 17.0. The summed E-state index contributed by atoms with van der Waals surface area (Å²) in [6.45, 7) is 0. The SMILES string of the molecule is NON([O-])c1ccccc1N([O-])ON. The van der Waals surface area contributed by atoms with Gasteiger partial charge in [-0.25, -0.2) is 0 Å². The summed E-state index contributed by atoms with van der Waals surface area (Å²) in [5.41, 5.74) is -0.231. The van der Waals surface area contributed by atoms with Crippen LogP contribution in [0.15, 0.2) is 24.3 Å². The Balaban J connectivity index is 3.02. The van der Waals surface area contributed by atoms with Gasteiger partial charge in [-0.15, -0.1) is 0 Å². The molecule has 0 aromatic heterocycles. The number of anilines is 2. The van der Waals surface area contributed by atoms with Crippen LogP contribution < -0.4 is 22.2 Å². The molecular weight excluding hydrogens is 192 g/mol. The van der Waals surface area contributed by atoms with Crippen molar-refractivity contribution < 1.29 is 9.88 Å². The van der Waals surface area contributed by atoms with Crippen molar-refractivity contribution in [2.24, 2.45) is 11.8 Å². The van der Waals surface area contributed by atoms with E-state index in [-0.39, 0.29) is 21.8 Å². The topological polar surface area (TPSA) is 123 Å². The highest BCUT2D eigenvalue weighted by molar-refractivity contribution is 5.69. The van der Waals surface area contributed by atoms with E-state index >= 15 is 0 Å². The van der Waals surface area contributed by atoms with Crippen molar-refractivity contribution in [2.45, 2.75) is 0 Å². The second-order valence-electron chi connectivity index (χ2n) is 2.21. The van der Waals surface area contributed by atoms with Gasteiger partial charge in [0.05, 0.1) is 11.4 Å². The van der Waals surface area contributed by atoms with Gasteiger partial charge in [-0.05, 0) is 12.1 Å². The Hall–Kier alpha value is -1.42. The monoisotopic (exact) mass is 200 g/mol. The Labute approximate surface area is 79.2 Å². The molecule has 8 nitrogen and oxygen atoms in total. The minimum atomic E-state index is -0.115. The molecule has 14 heavy (non-hydrogen) atoms. The van der Waals surface area contributed by atoms with Crippen LogP contribution in [0.5, 0.6) is 0 Å². The Bertz CT molecular complexity index is 268. The molecule has 0 unspecified atom stereocenters. The van der Waals surface area contributed by atoms with Gasteiger partial charge < -0.3 is 10.4 Å². The highest BCUT2D eigenvalue weighted by Crippen LogP contribution is 2.27. The van der Waals surface area contributed by atoms with Gasteiger partial charge in [-0.3, -0.25) is 10.5 Å². The van der Waals surface area contributed by atoms with Crippen molar-refractivity contribution in [3.8, 4) is 0 Å². The summed E-state index contributed by atoms with van der Waals surface area (Å²) < 4.78 is 0.